The second-order valence-corrected chi connectivity index (χ2v) is 4.74. The number of rotatable bonds is 5. The smallest absolute Gasteiger partial charge is 0.0235 e. The van der Waals surface area contributed by atoms with Crippen molar-refractivity contribution in [1.29, 1.82) is 0 Å². The molecular formula is C12H24N4. The van der Waals surface area contributed by atoms with Gasteiger partial charge in [-0.25, -0.2) is 0 Å². The summed E-state index contributed by atoms with van der Waals surface area (Å²) in [6.45, 7) is 3.40. The van der Waals surface area contributed by atoms with Gasteiger partial charge in [-0.05, 0) is 26.9 Å². The summed E-state index contributed by atoms with van der Waals surface area (Å²) in [5.41, 5.74) is 2.88. The summed E-state index contributed by atoms with van der Waals surface area (Å²) in [7, 11) is 4.36. The Morgan fingerprint density at radius 1 is 1.50 bits per heavy atom. The number of nitrogens with two attached hydrogens (primary N) is 1. The molecule has 3 N–H and O–H groups in total. The molecule has 0 aliphatic carbocycles. The van der Waals surface area contributed by atoms with Gasteiger partial charge in [0.05, 0.1) is 0 Å². The van der Waals surface area contributed by atoms with Crippen LogP contribution in [0.1, 0.15) is 19.3 Å². The molecule has 0 bridgehead atoms. The maximum Gasteiger partial charge on any atom is 0.0235 e. The Balaban J connectivity index is 2.40. The third-order valence-corrected chi connectivity index (χ3v) is 3.41. The number of hydrogen-bond acceptors (Lipinski definition) is 4. The van der Waals surface area contributed by atoms with E-state index in [0.29, 0.717) is 12.1 Å². The molecule has 16 heavy (non-hydrogen) atoms. The third-order valence-electron chi connectivity index (χ3n) is 3.41. The van der Waals surface area contributed by atoms with Crippen LogP contribution in [0.4, 0.5) is 0 Å². The second-order valence-electron chi connectivity index (χ2n) is 4.74. The van der Waals surface area contributed by atoms with Crippen LogP contribution in [0.15, 0.2) is 0 Å². The van der Waals surface area contributed by atoms with Gasteiger partial charge in [0.15, 0.2) is 0 Å². The molecule has 0 saturated carbocycles. The predicted octanol–water partition coefficient (Wildman–Crippen LogP) is -0.132. The summed E-state index contributed by atoms with van der Waals surface area (Å²) in [4.78, 5) is 4.79. The predicted molar refractivity (Wildman–Crippen MR) is 67.7 cm³/mol. The van der Waals surface area contributed by atoms with Gasteiger partial charge in [0.2, 0.25) is 0 Å². The Morgan fingerprint density at radius 3 is 2.88 bits per heavy atom. The standard InChI is InChI=1S/C12H24N4/c1-4-5-6-11(14-13)9-12-10-15(2)7-8-16(12)3/h1,11-12,14H,5-10,13H2,2-3H3. The molecule has 1 fully saturated rings. The zero-order chi connectivity index (χ0) is 12.0. The first-order chi connectivity index (χ1) is 7.67. The largest absolute Gasteiger partial charge is 0.304 e. The van der Waals surface area contributed by atoms with Gasteiger partial charge in [0.25, 0.3) is 0 Å². The lowest BCUT2D eigenvalue weighted by molar-refractivity contribution is 0.100. The minimum atomic E-state index is 0.329. The van der Waals surface area contributed by atoms with Gasteiger partial charge in [-0.2, -0.15) is 0 Å². The van der Waals surface area contributed by atoms with Gasteiger partial charge in [-0.1, -0.05) is 0 Å². The molecule has 0 aromatic rings. The molecule has 0 amide bonds. The van der Waals surface area contributed by atoms with Gasteiger partial charge in [0.1, 0.15) is 0 Å². The number of hydrazine groups is 1. The molecule has 4 heteroatoms. The minimum Gasteiger partial charge on any atom is -0.304 e. The van der Waals surface area contributed by atoms with E-state index in [1.807, 2.05) is 0 Å². The zero-order valence-corrected chi connectivity index (χ0v) is 10.4. The number of likely N-dealkylation sites (N-methyl/N-ethyl adjacent to an activating group) is 2. The Labute approximate surface area is 99.1 Å². The lowest BCUT2D eigenvalue weighted by Crippen LogP contribution is -2.52. The van der Waals surface area contributed by atoms with Crippen molar-refractivity contribution in [2.75, 3.05) is 33.7 Å². The summed E-state index contributed by atoms with van der Waals surface area (Å²) in [6, 6.07) is 0.910. The molecule has 1 aliphatic heterocycles. The highest BCUT2D eigenvalue weighted by molar-refractivity contribution is 4.88. The van der Waals surface area contributed by atoms with E-state index in [1.54, 1.807) is 0 Å². The van der Waals surface area contributed by atoms with E-state index in [0.717, 1.165) is 38.9 Å². The Bertz CT molecular complexity index is 236. The number of nitrogens with one attached hydrogen (secondary N) is 1. The van der Waals surface area contributed by atoms with Crippen molar-refractivity contribution in [3.05, 3.63) is 0 Å². The van der Waals surface area contributed by atoms with E-state index >= 15 is 0 Å². The van der Waals surface area contributed by atoms with Crippen LogP contribution in [0.5, 0.6) is 0 Å². The van der Waals surface area contributed by atoms with Crippen LogP contribution < -0.4 is 11.3 Å². The fourth-order valence-corrected chi connectivity index (χ4v) is 2.21. The molecule has 1 rings (SSSR count). The fraction of sp³-hybridized carbons (Fsp3) is 0.833. The normalized spacial score (nSPS) is 25.2. The van der Waals surface area contributed by atoms with Crippen molar-refractivity contribution in [3.63, 3.8) is 0 Å². The van der Waals surface area contributed by atoms with Crippen molar-refractivity contribution >= 4 is 0 Å². The summed E-state index contributed by atoms with van der Waals surface area (Å²) < 4.78 is 0. The van der Waals surface area contributed by atoms with E-state index in [-0.39, 0.29) is 0 Å². The molecule has 4 nitrogen and oxygen atoms in total. The van der Waals surface area contributed by atoms with Gasteiger partial charge >= 0.3 is 0 Å². The number of hydrogen-bond donors (Lipinski definition) is 2. The highest BCUT2D eigenvalue weighted by atomic mass is 15.3. The van der Waals surface area contributed by atoms with Crippen LogP contribution in [0.25, 0.3) is 0 Å². The molecular weight excluding hydrogens is 200 g/mol. The highest BCUT2D eigenvalue weighted by Gasteiger charge is 2.24. The van der Waals surface area contributed by atoms with E-state index in [1.165, 1.54) is 0 Å². The Kier molecular flexibility index (Phi) is 5.78. The summed E-state index contributed by atoms with van der Waals surface area (Å²) in [6.07, 6.45) is 8.10. The van der Waals surface area contributed by atoms with Crippen molar-refractivity contribution in [3.8, 4) is 12.3 Å². The topological polar surface area (TPSA) is 44.5 Å². The number of piperazine rings is 1. The van der Waals surface area contributed by atoms with Crippen LogP contribution in [-0.2, 0) is 0 Å². The first kappa shape index (κ1) is 13.5. The van der Waals surface area contributed by atoms with Crippen molar-refractivity contribution in [1.82, 2.24) is 15.2 Å². The summed E-state index contributed by atoms with van der Waals surface area (Å²) in [5, 5.41) is 0. The van der Waals surface area contributed by atoms with Crippen LogP contribution in [0.3, 0.4) is 0 Å². The van der Waals surface area contributed by atoms with E-state index in [4.69, 9.17) is 12.3 Å². The van der Waals surface area contributed by atoms with Crippen LogP contribution >= 0.6 is 0 Å². The molecule has 0 spiro atoms. The van der Waals surface area contributed by atoms with E-state index in [2.05, 4.69) is 35.2 Å². The first-order valence-corrected chi connectivity index (χ1v) is 5.95. The van der Waals surface area contributed by atoms with Crippen LogP contribution in [-0.4, -0.2) is 55.6 Å². The van der Waals surface area contributed by atoms with Gasteiger partial charge in [-0.3, -0.25) is 11.3 Å². The third kappa shape index (κ3) is 4.11. The lowest BCUT2D eigenvalue weighted by Gasteiger charge is -2.39. The van der Waals surface area contributed by atoms with Crippen molar-refractivity contribution < 1.29 is 0 Å². The molecule has 0 aromatic heterocycles. The first-order valence-electron chi connectivity index (χ1n) is 5.95. The fourth-order valence-electron chi connectivity index (χ4n) is 2.21. The van der Waals surface area contributed by atoms with Crippen LogP contribution in [0.2, 0.25) is 0 Å². The van der Waals surface area contributed by atoms with E-state index < -0.39 is 0 Å². The minimum absolute atomic E-state index is 0.329. The molecule has 2 unspecified atom stereocenters. The molecule has 92 valence electrons. The monoisotopic (exact) mass is 224 g/mol. The Morgan fingerprint density at radius 2 is 2.25 bits per heavy atom. The number of nitrogens with zero attached hydrogens (tertiary/aromatic N) is 2. The van der Waals surface area contributed by atoms with Crippen molar-refractivity contribution in [2.24, 2.45) is 5.84 Å². The summed E-state index contributed by atoms with van der Waals surface area (Å²) >= 11 is 0. The van der Waals surface area contributed by atoms with Gasteiger partial charge in [0, 0.05) is 38.1 Å². The van der Waals surface area contributed by atoms with Gasteiger partial charge < -0.3 is 9.80 Å². The average molecular weight is 224 g/mol. The Hall–Kier alpha value is -0.600. The molecule has 1 heterocycles. The molecule has 1 saturated heterocycles. The lowest BCUT2D eigenvalue weighted by atomic mass is 10.0. The van der Waals surface area contributed by atoms with Crippen molar-refractivity contribution in [2.45, 2.75) is 31.3 Å². The molecule has 0 aromatic carbocycles. The molecule has 1 aliphatic rings. The molecule has 0 radical (unpaired) electrons. The molecule has 2 atom stereocenters. The maximum absolute atomic E-state index is 5.56. The SMILES string of the molecule is C#CCCC(CC1CN(C)CCN1C)NN. The summed E-state index contributed by atoms with van der Waals surface area (Å²) in [5.74, 6) is 8.23. The maximum atomic E-state index is 5.56. The van der Waals surface area contributed by atoms with Crippen LogP contribution in [0, 0.1) is 12.3 Å². The number of terminal acetylenes is 1. The highest BCUT2D eigenvalue weighted by Crippen LogP contribution is 2.13. The van der Waals surface area contributed by atoms with Gasteiger partial charge in [-0.15, -0.1) is 12.3 Å². The zero-order valence-electron chi connectivity index (χ0n) is 10.4. The average Bonchev–Trinajstić information content (AvgIpc) is 2.28. The van der Waals surface area contributed by atoms with E-state index in [9.17, 15) is 0 Å². The second kappa shape index (κ2) is 6.87. The quantitative estimate of drug-likeness (QED) is 0.388.